The highest BCUT2D eigenvalue weighted by molar-refractivity contribution is 6.08. The van der Waals surface area contributed by atoms with Crippen molar-refractivity contribution < 1.29 is 9.59 Å². The largest absolute Gasteiger partial charge is 0.347 e. The van der Waals surface area contributed by atoms with Crippen molar-refractivity contribution in [1.29, 1.82) is 0 Å². The van der Waals surface area contributed by atoms with Crippen LogP contribution in [0.5, 0.6) is 0 Å². The van der Waals surface area contributed by atoms with E-state index >= 15 is 0 Å². The minimum Gasteiger partial charge on any atom is -0.347 e. The number of carbonyl (C=O) groups excluding carboxylic acids is 2. The van der Waals surface area contributed by atoms with Crippen LogP contribution in [0.3, 0.4) is 0 Å². The van der Waals surface area contributed by atoms with Crippen molar-refractivity contribution in [3.05, 3.63) is 89.5 Å². The number of benzene rings is 1. The molecular weight excluding hydrogens is 352 g/mol. The van der Waals surface area contributed by atoms with E-state index in [1.54, 1.807) is 29.4 Å². The Labute approximate surface area is 163 Å². The number of para-hydroxylation sites is 1. The molecule has 0 aliphatic carbocycles. The summed E-state index contributed by atoms with van der Waals surface area (Å²) in [4.78, 5) is 35.5. The van der Waals surface area contributed by atoms with E-state index in [1.807, 2.05) is 43.3 Å². The minimum atomic E-state index is -0.318. The maximum Gasteiger partial charge on any atom is 0.270 e. The molecule has 6 nitrogen and oxygen atoms in total. The molecule has 0 bridgehead atoms. The molecule has 0 fully saturated rings. The predicted molar refractivity (Wildman–Crippen MR) is 106 cm³/mol. The highest BCUT2D eigenvalue weighted by atomic mass is 16.2. The Morgan fingerprint density at radius 2 is 1.89 bits per heavy atom. The molecule has 0 saturated heterocycles. The molecule has 0 spiro atoms. The normalized spacial score (nSPS) is 15.2. The first-order valence-electron chi connectivity index (χ1n) is 9.18. The highest BCUT2D eigenvalue weighted by Crippen LogP contribution is 2.33. The Kier molecular flexibility index (Phi) is 4.85. The van der Waals surface area contributed by atoms with Gasteiger partial charge in [0.05, 0.1) is 0 Å². The Bertz CT molecular complexity index is 1020. The van der Waals surface area contributed by atoms with Gasteiger partial charge in [-0.3, -0.25) is 19.6 Å². The summed E-state index contributed by atoms with van der Waals surface area (Å²) in [6, 6.07) is 14.9. The quantitative estimate of drug-likeness (QED) is 0.764. The third kappa shape index (κ3) is 3.49. The summed E-state index contributed by atoms with van der Waals surface area (Å²) in [6.07, 6.45) is 5.68. The van der Waals surface area contributed by atoms with E-state index in [9.17, 15) is 9.59 Å². The van der Waals surface area contributed by atoms with Gasteiger partial charge in [0.1, 0.15) is 5.69 Å². The molecular formula is C22H20N4O2. The molecule has 1 N–H and O–H groups in total. The van der Waals surface area contributed by atoms with Crippen LogP contribution in [0.1, 0.15) is 38.9 Å². The molecule has 0 radical (unpaired) electrons. The van der Waals surface area contributed by atoms with Gasteiger partial charge in [-0.05, 0) is 54.8 Å². The number of fused-ring (bicyclic) bond motifs is 1. The molecule has 1 unspecified atom stereocenters. The Balaban J connectivity index is 1.52. The van der Waals surface area contributed by atoms with Gasteiger partial charge in [0.2, 0.25) is 0 Å². The van der Waals surface area contributed by atoms with Gasteiger partial charge in [-0.25, -0.2) is 0 Å². The molecule has 1 aliphatic rings. The first-order chi connectivity index (χ1) is 13.6. The van der Waals surface area contributed by atoms with Gasteiger partial charge in [0, 0.05) is 42.4 Å². The number of pyridine rings is 2. The number of nitrogens with one attached hydrogen (secondary N) is 1. The van der Waals surface area contributed by atoms with Gasteiger partial charge in [-0.15, -0.1) is 0 Å². The average molecular weight is 372 g/mol. The number of rotatable bonds is 4. The summed E-state index contributed by atoms with van der Waals surface area (Å²) in [7, 11) is 0. The molecule has 1 atom stereocenters. The molecule has 6 heteroatoms. The van der Waals surface area contributed by atoms with Gasteiger partial charge in [-0.1, -0.05) is 18.2 Å². The molecule has 3 aromatic rings. The van der Waals surface area contributed by atoms with E-state index in [1.165, 1.54) is 6.20 Å². The summed E-state index contributed by atoms with van der Waals surface area (Å²) in [6.45, 7) is 2.40. The fourth-order valence-corrected chi connectivity index (χ4v) is 3.48. The van der Waals surface area contributed by atoms with Crippen LogP contribution < -0.4 is 10.2 Å². The lowest BCUT2D eigenvalue weighted by Crippen LogP contribution is -2.36. The highest BCUT2D eigenvalue weighted by Gasteiger charge is 2.31. The summed E-state index contributed by atoms with van der Waals surface area (Å²) >= 11 is 0. The predicted octanol–water partition coefficient (Wildman–Crippen LogP) is 3.00. The zero-order valence-electron chi connectivity index (χ0n) is 15.5. The van der Waals surface area contributed by atoms with Gasteiger partial charge < -0.3 is 10.2 Å². The van der Waals surface area contributed by atoms with Crippen molar-refractivity contribution in [1.82, 2.24) is 15.3 Å². The molecule has 2 aromatic heterocycles. The van der Waals surface area contributed by atoms with Crippen molar-refractivity contribution in [2.75, 3.05) is 4.90 Å². The monoisotopic (exact) mass is 372 g/mol. The molecule has 1 aliphatic heterocycles. The van der Waals surface area contributed by atoms with E-state index in [0.717, 1.165) is 23.2 Å². The summed E-state index contributed by atoms with van der Waals surface area (Å²) in [5, 5.41) is 2.82. The van der Waals surface area contributed by atoms with Crippen LogP contribution in [-0.2, 0) is 13.0 Å². The molecule has 140 valence electrons. The van der Waals surface area contributed by atoms with Crippen molar-refractivity contribution in [3.63, 3.8) is 0 Å². The Hall–Kier alpha value is -3.54. The topological polar surface area (TPSA) is 75.2 Å². The number of aromatic nitrogens is 2. The molecule has 28 heavy (non-hydrogen) atoms. The van der Waals surface area contributed by atoms with Crippen LogP contribution in [0.4, 0.5) is 5.69 Å². The fraction of sp³-hybridized carbons (Fsp3) is 0.182. The van der Waals surface area contributed by atoms with Crippen LogP contribution in [0, 0.1) is 0 Å². The lowest BCUT2D eigenvalue weighted by Gasteiger charge is -2.23. The third-order valence-corrected chi connectivity index (χ3v) is 4.87. The second kappa shape index (κ2) is 7.60. The lowest BCUT2D eigenvalue weighted by molar-refractivity contribution is 0.0946. The van der Waals surface area contributed by atoms with E-state index in [2.05, 4.69) is 15.3 Å². The van der Waals surface area contributed by atoms with Gasteiger partial charge in [0.15, 0.2) is 0 Å². The van der Waals surface area contributed by atoms with E-state index in [0.29, 0.717) is 12.1 Å². The second-order valence-electron chi connectivity index (χ2n) is 6.82. The summed E-state index contributed by atoms with van der Waals surface area (Å²) in [5.41, 5.74) is 3.71. The fourth-order valence-electron chi connectivity index (χ4n) is 3.48. The zero-order chi connectivity index (χ0) is 19.5. The molecule has 2 amide bonds. The first kappa shape index (κ1) is 17.9. The maximum absolute atomic E-state index is 13.1. The van der Waals surface area contributed by atoms with E-state index < -0.39 is 0 Å². The van der Waals surface area contributed by atoms with Crippen molar-refractivity contribution in [3.8, 4) is 0 Å². The average Bonchev–Trinajstić information content (AvgIpc) is 3.08. The smallest absolute Gasteiger partial charge is 0.270 e. The van der Waals surface area contributed by atoms with Crippen LogP contribution in [0.15, 0.2) is 67.1 Å². The zero-order valence-corrected chi connectivity index (χ0v) is 15.5. The number of hydrogen-bond donors (Lipinski definition) is 1. The summed E-state index contributed by atoms with van der Waals surface area (Å²) in [5.74, 6) is -0.440. The SMILES string of the molecule is CC1Cc2ccccc2N1C(=O)c1ccnc(C(=O)NCc2ccncc2)c1. The van der Waals surface area contributed by atoms with Crippen LogP contribution >= 0.6 is 0 Å². The number of carbonyl (C=O) groups is 2. The van der Waals surface area contributed by atoms with E-state index in [4.69, 9.17) is 0 Å². The van der Waals surface area contributed by atoms with Crippen molar-refractivity contribution in [2.45, 2.75) is 25.9 Å². The van der Waals surface area contributed by atoms with Crippen LogP contribution in [-0.4, -0.2) is 27.8 Å². The van der Waals surface area contributed by atoms with Crippen LogP contribution in [0.25, 0.3) is 0 Å². The first-order valence-corrected chi connectivity index (χ1v) is 9.18. The number of hydrogen-bond acceptors (Lipinski definition) is 4. The van der Waals surface area contributed by atoms with Crippen molar-refractivity contribution in [2.24, 2.45) is 0 Å². The maximum atomic E-state index is 13.1. The molecule has 3 heterocycles. The van der Waals surface area contributed by atoms with Gasteiger partial charge in [0.25, 0.3) is 11.8 Å². The molecule has 1 aromatic carbocycles. The number of nitrogens with zero attached hydrogens (tertiary/aromatic N) is 3. The Morgan fingerprint density at radius 3 is 2.71 bits per heavy atom. The molecule has 4 rings (SSSR count). The third-order valence-electron chi connectivity index (χ3n) is 4.87. The Morgan fingerprint density at radius 1 is 1.11 bits per heavy atom. The lowest BCUT2D eigenvalue weighted by atomic mass is 10.1. The van der Waals surface area contributed by atoms with Gasteiger partial charge in [-0.2, -0.15) is 0 Å². The number of amides is 2. The second-order valence-corrected chi connectivity index (χ2v) is 6.82. The van der Waals surface area contributed by atoms with E-state index in [-0.39, 0.29) is 23.6 Å². The standard InChI is InChI=1S/C22H20N4O2/c1-15-12-17-4-2-3-5-20(17)26(15)22(28)18-8-11-24-19(13-18)21(27)25-14-16-6-9-23-10-7-16/h2-11,13,15H,12,14H2,1H3,(H,25,27). The number of anilines is 1. The van der Waals surface area contributed by atoms with Gasteiger partial charge >= 0.3 is 0 Å². The van der Waals surface area contributed by atoms with Crippen LogP contribution in [0.2, 0.25) is 0 Å². The minimum absolute atomic E-state index is 0.0713. The summed E-state index contributed by atoms with van der Waals surface area (Å²) < 4.78 is 0. The van der Waals surface area contributed by atoms with Crippen molar-refractivity contribution >= 4 is 17.5 Å². The molecule has 0 saturated carbocycles.